The molecule has 2 aliphatic rings. The van der Waals surface area contributed by atoms with E-state index >= 15 is 0 Å². The maximum Gasteiger partial charge on any atom is 0.242 e. The molecular weight excluding hydrogens is 359 g/mol. The number of benzene rings is 1. The van der Waals surface area contributed by atoms with Gasteiger partial charge in [-0.1, -0.05) is 0 Å². The van der Waals surface area contributed by atoms with Gasteiger partial charge in [0.15, 0.2) is 0 Å². The highest BCUT2D eigenvalue weighted by Crippen LogP contribution is 2.38. The predicted molar refractivity (Wildman–Crippen MR) is 103 cm³/mol. The van der Waals surface area contributed by atoms with Crippen LogP contribution in [-0.4, -0.2) is 46.5 Å². The van der Waals surface area contributed by atoms with Gasteiger partial charge in [-0.2, -0.15) is 0 Å². The molecular formula is C21H25FN4O2. The van der Waals surface area contributed by atoms with Crippen molar-refractivity contribution in [3.8, 4) is 17.0 Å². The molecule has 4 rings (SSSR count). The molecule has 148 valence electrons. The number of carbonyl (C=O) groups is 1. The highest BCUT2D eigenvalue weighted by molar-refractivity contribution is 5.88. The molecule has 0 unspecified atom stereocenters. The summed E-state index contributed by atoms with van der Waals surface area (Å²) in [5, 5.41) is 3.48. The van der Waals surface area contributed by atoms with Gasteiger partial charge in [0.25, 0.3) is 0 Å². The third kappa shape index (κ3) is 3.24. The lowest BCUT2D eigenvalue weighted by Crippen LogP contribution is -2.47. The molecule has 3 heterocycles. The molecule has 2 fully saturated rings. The summed E-state index contributed by atoms with van der Waals surface area (Å²) < 4.78 is 20.0. The van der Waals surface area contributed by atoms with Crippen LogP contribution in [0.5, 0.6) is 5.75 Å². The average molecular weight is 384 g/mol. The molecule has 1 spiro atoms. The average Bonchev–Trinajstić information content (AvgIpc) is 3.23. The molecule has 6 nitrogen and oxygen atoms in total. The molecule has 2 aromatic rings. The van der Waals surface area contributed by atoms with Crippen molar-refractivity contribution in [2.24, 2.45) is 0 Å². The number of halogens is 1. The zero-order chi connectivity index (χ0) is 19.9. The Morgan fingerprint density at radius 3 is 2.86 bits per heavy atom. The van der Waals surface area contributed by atoms with Gasteiger partial charge in [-0.3, -0.25) is 10.1 Å². The van der Waals surface area contributed by atoms with Gasteiger partial charge >= 0.3 is 0 Å². The molecule has 1 amide bonds. The van der Waals surface area contributed by atoms with Crippen LogP contribution in [-0.2, 0) is 4.79 Å². The summed E-state index contributed by atoms with van der Waals surface area (Å²) in [4.78, 5) is 23.6. The van der Waals surface area contributed by atoms with Crippen molar-refractivity contribution in [2.75, 3.05) is 20.2 Å². The molecule has 1 N–H and O–H groups in total. The largest absolute Gasteiger partial charge is 0.494 e. The van der Waals surface area contributed by atoms with E-state index in [1.807, 2.05) is 20.9 Å². The van der Waals surface area contributed by atoms with Crippen LogP contribution in [0.4, 0.5) is 4.39 Å². The van der Waals surface area contributed by atoms with Crippen LogP contribution < -0.4 is 10.1 Å². The van der Waals surface area contributed by atoms with Crippen molar-refractivity contribution in [1.29, 1.82) is 0 Å². The first-order valence-corrected chi connectivity index (χ1v) is 9.73. The van der Waals surface area contributed by atoms with Crippen molar-refractivity contribution in [3.05, 3.63) is 41.6 Å². The monoisotopic (exact) mass is 384 g/mol. The lowest BCUT2D eigenvalue weighted by molar-refractivity contribution is -0.131. The summed E-state index contributed by atoms with van der Waals surface area (Å²) in [5.41, 5.74) is 1.17. The normalized spacial score (nSPS) is 24.4. The van der Waals surface area contributed by atoms with Gasteiger partial charge in [0, 0.05) is 24.8 Å². The SMILES string of the molecule is CCOc1ccc(F)c(-c2cc(C)nc([C@@H]3CC[C@@]4(CCN(C)C4=O)N3)n2)c1. The van der Waals surface area contributed by atoms with E-state index < -0.39 is 5.54 Å². The van der Waals surface area contributed by atoms with Crippen molar-refractivity contribution in [1.82, 2.24) is 20.2 Å². The van der Waals surface area contributed by atoms with Crippen LogP contribution in [0.25, 0.3) is 11.3 Å². The summed E-state index contributed by atoms with van der Waals surface area (Å²) in [6.07, 6.45) is 2.34. The van der Waals surface area contributed by atoms with Gasteiger partial charge in [0.2, 0.25) is 5.91 Å². The second-order valence-electron chi connectivity index (χ2n) is 7.62. The van der Waals surface area contributed by atoms with Crippen molar-refractivity contribution >= 4 is 5.91 Å². The fraction of sp³-hybridized carbons (Fsp3) is 0.476. The zero-order valence-corrected chi connectivity index (χ0v) is 16.5. The van der Waals surface area contributed by atoms with Crippen molar-refractivity contribution in [2.45, 2.75) is 44.7 Å². The minimum atomic E-state index is -0.507. The van der Waals surface area contributed by atoms with E-state index in [9.17, 15) is 9.18 Å². The minimum Gasteiger partial charge on any atom is -0.494 e. The maximum absolute atomic E-state index is 14.5. The topological polar surface area (TPSA) is 67.3 Å². The Kier molecular flexibility index (Phi) is 4.79. The first-order valence-electron chi connectivity index (χ1n) is 9.73. The molecule has 0 radical (unpaired) electrons. The molecule has 7 heteroatoms. The van der Waals surface area contributed by atoms with E-state index in [1.165, 1.54) is 6.07 Å². The minimum absolute atomic E-state index is 0.118. The van der Waals surface area contributed by atoms with E-state index in [2.05, 4.69) is 15.3 Å². The maximum atomic E-state index is 14.5. The van der Waals surface area contributed by atoms with Gasteiger partial charge in [0.05, 0.1) is 18.3 Å². The first-order chi connectivity index (χ1) is 13.4. The molecule has 1 aromatic carbocycles. The zero-order valence-electron chi connectivity index (χ0n) is 16.5. The lowest BCUT2D eigenvalue weighted by Gasteiger charge is -2.23. The number of amides is 1. The molecule has 1 aromatic heterocycles. The van der Waals surface area contributed by atoms with Gasteiger partial charge < -0.3 is 9.64 Å². The Labute approximate surface area is 164 Å². The molecule has 2 atom stereocenters. The van der Waals surface area contributed by atoms with Crippen LogP contribution >= 0.6 is 0 Å². The number of hydrogen-bond acceptors (Lipinski definition) is 5. The van der Waals surface area contributed by atoms with Crippen LogP contribution in [0.2, 0.25) is 0 Å². The van der Waals surface area contributed by atoms with Gasteiger partial charge in [0.1, 0.15) is 22.9 Å². The number of carbonyl (C=O) groups excluding carboxylic acids is 1. The van der Waals surface area contributed by atoms with Crippen LogP contribution in [0.1, 0.15) is 43.7 Å². The third-order valence-corrected chi connectivity index (χ3v) is 5.65. The molecule has 2 saturated heterocycles. The molecule has 0 saturated carbocycles. The Hall–Kier alpha value is -2.54. The Bertz CT molecular complexity index is 919. The van der Waals surface area contributed by atoms with Gasteiger partial charge in [-0.15, -0.1) is 0 Å². The molecule has 2 aliphatic heterocycles. The van der Waals surface area contributed by atoms with E-state index in [-0.39, 0.29) is 17.8 Å². The number of nitrogens with zero attached hydrogens (tertiary/aromatic N) is 3. The number of likely N-dealkylation sites (N-methyl/N-ethyl adjacent to an activating group) is 1. The number of ether oxygens (including phenoxy) is 1. The molecule has 28 heavy (non-hydrogen) atoms. The summed E-state index contributed by atoms with van der Waals surface area (Å²) in [6, 6.07) is 6.34. The van der Waals surface area contributed by atoms with E-state index in [4.69, 9.17) is 4.74 Å². The molecule has 0 bridgehead atoms. The third-order valence-electron chi connectivity index (χ3n) is 5.65. The standard InChI is InChI=1S/C21H25FN4O2/c1-4-28-14-5-6-16(22)15(12-14)18-11-13(2)23-19(24-18)17-7-8-21(25-17)9-10-26(3)20(21)27/h5-6,11-12,17,25H,4,7-10H2,1-3H3/t17-,21-/m0/s1. The molecule has 0 aliphatic carbocycles. The highest BCUT2D eigenvalue weighted by atomic mass is 19.1. The van der Waals surface area contributed by atoms with Gasteiger partial charge in [-0.05, 0) is 57.4 Å². The lowest BCUT2D eigenvalue weighted by atomic mass is 9.96. The van der Waals surface area contributed by atoms with Crippen LogP contribution in [0.3, 0.4) is 0 Å². The first kappa shape index (κ1) is 18.8. The number of likely N-dealkylation sites (tertiary alicyclic amines) is 1. The summed E-state index contributed by atoms with van der Waals surface area (Å²) in [5.74, 6) is 0.999. The fourth-order valence-corrected chi connectivity index (χ4v) is 4.20. The summed E-state index contributed by atoms with van der Waals surface area (Å²) >= 11 is 0. The van der Waals surface area contributed by atoms with Crippen molar-refractivity contribution in [3.63, 3.8) is 0 Å². The number of nitrogens with one attached hydrogen (secondary N) is 1. The smallest absolute Gasteiger partial charge is 0.242 e. The Balaban J connectivity index is 1.66. The highest BCUT2D eigenvalue weighted by Gasteiger charge is 2.50. The van der Waals surface area contributed by atoms with Crippen molar-refractivity contribution < 1.29 is 13.9 Å². The van der Waals surface area contributed by atoms with E-state index in [1.54, 1.807) is 23.1 Å². The summed E-state index contributed by atoms with van der Waals surface area (Å²) in [6.45, 7) is 5.03. The number of aromatic nitrogens is 2. The second kappa shape index (κ2) is 7.13. The number of aryl methyl sites for hydroxylation is 1. The Morgan fingerprint density at radius 2 is 2.14 bits per heavy atom. The van der Waals surface area contributed by atoms with E-state index in [0.717, 1.165) is 31.5 Å². The number of rotatable bonds is 4. The quantitative estimate of drug-likeness (QED) is 0.878. The number of hydrogen-bond donors (Lipinski definition) is 1. The van der Waals surface area contributed by atoms with Gasteiger partial charge in [-0.25, -0.2) is 14.4 Å². The Morgan fingerprint density at radius 1 is 1.32 bits per heavy atom. The summed E-state index contributed by atoms with van der Waals surface area (Å²) in [7, 11) is 1.83. The second-order valence-corrected chi connectivity index (χ2v) is 7.62. The fourth-order valence-electron chi connectivity index (χ4n) is 4.20. The van der Waals surface area contributed by atoms with E-state index in [0.29, 0.717) is 29.4 Å². The predicted octanol–water partition coefficient (Wildman–Crippen LogP) is 3.02. The van der Waals surface area contributed by atoms with Crippen LogP contribution in [0, 0.1) is 12.7 Å². The van der Waals surface area contributed by atoms with Crippen LogP contribution in [0.15, 0.2) is 24.3 Å².